The Morgan fingerprint density at radius 1 is 0.921 bits per heavy atom. The van der Waals surface area contributed by atoms with Gasteiger partial charge in [0.1, 0.15) is 6.61 Å². The minimum atomic E-state index is -0.921. The Hall–Kier alpha value is -3.78. The van der Waals surface area contributed by atoms with E-state index in [2.05, 4.69) is 24.3 Å². The molecule has 2 unspecified atom stereocenters. The van der Waals surface area contributed by atoms with Gasteiger partial charge in [0, 0.05) is 17.4 Å². The molecule has 0 N–H and O–H groups in total. The minimum absolute atomic E-state index is 0.0422. The molecule has 0 saturated carbocycles. The van der Waals surface area contributed by atoms with Gasteiger partial charge in [0.15, 0.2) is 23.2 Å². The Labute approximate surface area is 219 Å². The number of morpholine rings is 1. The molecule has 0 aromatic heterocycles. The lowest BCUT2D eigenvalue weighted by molar-refractivity contribution is -0.0747. The molecular formula is C30H27F2NO5. The highest BCUT2D eigenvalue weighted by Crippen LogP contribution is 2.45. The zero-order chi connectivity index (χ0) is 26.4. The molecule has 2 bridgehead atoms. The Balaban J connectivity index is 1.16. The number of benzene rings is 3. The molecule has 2 aliphatic heterocycles. The van der Waals surface area contributed by atoms with Crippen LogP contribution in [0, 0.1) is 17.6 Å². The van der Waals surface area contributed by atoms with Gasteiger partial charge in [-0.3, -0.25) is 9.69 Å². The van der Waals surface area contributed by atoms with Crippen molar-refractivity contribution in [3.8, 4) is 16.9 Å². The average Bonchev–Trinajstić information content (AvgIpc) is 3.24. The van der Waals surface area contributed by atoms with E-state index in [1.54, 1.807) is 4.90 Å². The molecule has 38 heavy (non-hydrogen) atoms. The molecule has 2 heterocycles. The van der Waals surface area contributed by atoms with Crippen molar-refractivity contribution in [2.45, 2.75) is 30.8 Å². The monoisotopic (exact) mass is 519 g/mol. The van der Waals surface area contributed by atoms with Gasteiger partial charge in [0.25, 0.3) is 0 Å². The fourth-order valence-corrected chi connectivity index (χ4v) is 6.23. The van der Waals surface area contributed by atoms with Gasteiger partial charge in [-0.25, -0.2) is 13.6 Å². The van der Waals surface area contributed by atoms with E-state index < -0.39 is 29.4 Å². The normalized spacial score (nSPS) is 22.0. The summed E-state index contributed by atoms with van der Waals surface area (Å²) in [4.78, 5) is 28.2. The standard InChI is InChI=1S/C30H27F2NO5/c1-36-29-26(31)12-18(13-27(29)32)28(34)17-10-19-14-37-15-20(11-17)33(19)30(35)38-16-25-23-8-4-2-6-21(23)22-7-3-5-9-24(22)25/h2-9,12-13,17,19-20,25H,10-11,14-16H2,1H3. The number of carbonyl (C=O) groups is 2. The molecule has 3 aliphatic rings. The van der Waals surface area contributed by atoms with Crippen LogP contribution in [0.15, 0.2) is 60.7 Å². The smallest absolute Gasteiger partial charge is 0.410 e. The minimum Gasteiger partial charge on any atom is -0.491 e. The number of hydrogen-bond acceptors (Lipinski definition) is 5. The lowest BCUT2D eigenvalue weighted by Gasteiger charge is -2.47. The van der Waals surface area contributed by atoms with Crippen molar-refractivity contribution in [1.29, 1.82) is 0 Å². The highest BCUT2D eigenvalue weighted by atomic mass is 19.1. The number of methoxy groups -OCH3 is 1. The van der Waals surface area contributed by atoms with Crippen molar-refractivity contribution in [2.24, 2.45) is 5.92 Å². The van der Waals surface area contributed by atoms with Gasteiger partial charge < -0.3 is 14.2 Å². The van der Waals surface area contributed by atoms with E-state index in [0.29, 0.717) is 12.8 Å². The first-order valence-corrected chi connectivity index (χ1v) is 12.7. The zero-order valence-corrected chi connectivity index (χ0v) is 20.9. The van der Waals surface area contributed by atoms with Crippen molar-refractivity contribution in [1.82, 2.24) is 4.90 Å². The van der Waals surface area contributed by atoms with Crippen LogP contribution in [0.1, 0.15) is 40.2 Å². The van der Waals surface area contributed by atoms with Crippen LogP contribution in [0.3, 0.4) is 0 Å². The molecule has 0 radical (unpaired) electrons. The molecule has 1 amide bonds. The fourth-order valence-electron chi connectivity index (χ4n) is 6.23. The lowest BCUT2D eigenvalue weighted by atomic mass is 9.81. The van der Waals surface area contributed by atoms with Gasteiger partial charge in [-0.05, 0) is 47.2 Å². The number of ether oxygens (including phenoxy) is 3. The van der Waals surface area contributed by atoms with Crippen LogP contribution >= 0.6 is 0 Å². The van der Waals surface area contributed by atoms with Gasteiger partial charge >= 0.3 is 6.09 Å². The molecule has 6 rings (SSSR count). The number of piperidine rings is 1. The second-order valence-corrected chi connectivity index (χ2v) is 10.1. The molecule has 0 spiro atoms. The van der Waals surface area contributed by atoms with Gasteiger partial charge in [0.2, 0.25) is 0 Å². The summed E-state index contributed by atoms with van der Waals surface area (Å²) in [6, 6.07) is 17.6. The van der Waals surface area contributed by atoms with Crippen LogP contribution < -0.4 is 4.74 Å². The number of rotatable bonds is 5. The number of nitrogens with zero attached hydrogens (tertiary/aromatic N) is 1. The van der Waals surface area contributed by atoms with Crippen LogP contribution in [0.5, 0.6) is 5.75 Å². The van der Waals surface area contributed by atoms with E-state index in [0.717, 1.165) is 34.4 Å². The van der Waals surface area contributed by atoms with Crippen LogP contribution in [-0.4, -0.2) is 55.8 Å². The van der Waals surface area contributed by atoms with E-state index in [1.165, 1.54) is 7.11 Å². The summed E-state index contributed by atoms with van der Waals surface area (Å²) in [6.07, 6.45) is 0.224. The summed E-state index contributed by atoms with van der Waals surface area (Å²) in [5, 5.41) is 0. The highest BCUT2D eigenvalue weighted by Gasteiger charge is 2.45. The quantitative estimate of drug-likeness (QED) is 0.412. The summed E-state index contributed by atoms with van der Waals surface area (Å²) in [6.45, 7) is 0.752. The third kappa shape index (κ3) is 4.13. The predicted octanol–water partition coefficient (Wildman–Crippen LogP) is 5.58. The molecule has 2 atom stereocenters. The van der Waals surface area contributed by atoms with Crippen LogP contribution in [0.25, 0.3) is 11.1 Å². The van der Waals surface area contributed by atoms with E-state index in [9.17, 15) is 18.4 Å². The van der Waals surface area contributed by atoms with Crippen LogP contribution in [0.4, 0.5) is 13.6 Å². The summed E-state index contributed by atoms with van der Waals surface area (Å²) in [5.41, 5.74) is 4.53. The highest BCUT2D eigenvalue weighted by molar-refractivity contribution is 5.98. The topological polar surface area (TPSA) is 65.1 Å². The molecule has 196 valence electrons. The van der Waals surface area contributed by atoms with Crippen molar-refractivity contribution >= 4 is 11.9 Å². The summed E-state index contributed by atoms with van der Waals surface area (Å²) in [5.74, 6) is -3.25. The van der Waals surface area contributed by atoms with Crippen molar-refractivity contribution in [2.75, 3.05) is 26.9 Å². The molecular weight excluding hydrogens is 492 g/mol. The summed E-state index contributed by atoms with van der Waals surface area (Å²) in [7, 11) is 1.17. The van der Waals surface area contributed by atoms with Gasteiger partial charge in [0.05, 0.1) is 32.4 Å². The SMILES string of the molecule is COc1c(F)cc(C(=O)C2CC3COCC(C2)N3C(=O)OCC2c3ccccc3-c3ccccc32)cc1F. The van der Waals surface area contributed by atoms with E-state index in [-0.39, 0.29) is 49.2 Å². The second-order valence-electron chi connectivity index (χ2n) is 10.1. The molecule has 2 saturated heterocycles. The van der Waals surface area contributed by atoms with Gasteiger partial charge in [-0.2, -0.15) is 0 Å². The first-order chi connectivity index (χ1) is 18.5. The Bertz CT molecular complexity index is 1330. The Morgan fingerprint density at radius 3 is 2.03 bits per heavy atom. The molecule has 3 aromatic rings. The van der Waals surface area contributed by atoms with E-state index in [1.807, 2.05) is 24.3 Å². The number of carbonyl (C=O) groups excluding carboxylic acids is 2. The molecule has 6 nitrogen and oxygen atoms in total. The maximum atomic E-state index is 14.2. The number of hydrogen-bond donors (Lipinski definition) is 0. The van der Waals surface area contributed by atoms with Gasteiger partial charge in [-0.1, -0.05) is 48.5 Å². The Kier molecular flexibility index (Phi) is 6.35. The van der Waals surface area contributed by atoms with Crippen molar-refractivity contribution in [3.05, 3.63) is 89.0 Å². The average molecular weight is 520 g/mol. The Morgan fingerprint density at radius 2 is 1.47 bits per heavy atom. The predicted molar refractivity (Wildman–Crippen MR) is 135 cm³/mol. The van der Waals surface area contributed by atoms with Crippen molar-refractivity contribution in [3.63, 3.8) is 0 Å². The zero-order valence-electron chi connectivity index (χ0n) is 20.9. The van der Waals surface area contributed by atoms with E-state index in [4.69, 9.17) is 14.2 Å². The summed E-state index contributed by atoms with van der Waals surface area (Å²) < 4.78 is 44.8. The van der Waals surface area contributed by atoms with Crippen LogP contribution in [0.2, 0.25) is 0 Å². The molecule has 2 fully saturated rings. The van der Waals surface area contributed by atoms with Crippen LogP contribution in [-0.2, 0) is 9.47 Å². The first-order valence-electron chi connectivity index (χ1n) is 12.7. The fraction of sp³-hybridized carbons (Fsp3) is 0.333. The number of amides is 1. The lowest BCUT2D eigenvalue weighted by Crippen LogP contribution is -2.60. The number of Topliss-reactive ketones (excluding diaryl/α,β-unsaturated/α-hetero) is 1. The van der Waals surface area contributed by atoms with E-state index >= 15 is 0 Å². The number of fused-ring (bicyclic) bond motifs is 5. The molecule has 3 aromatic carbocycles. The first kappa shape index (κ1) is 24.6. The maximum Gasteiger partial charge on any atom is 0.410 e. The molecule has 8 heteroatoms. The summed E-state index contributed by atoms with van der Waals surface area (Å²) >= 11 is 0. The van der Waals surface area contributed by atoms with Crippen molar-refractivity contribution < 1.29 is 32.6 Å². The van der Waals surface area contributed by atoms with Gasteiger partial charge in [-0.15, -0.1) is 0 Å². The molecule has 1 aliphatic carbocycles. The number of halogens is 2. The largest absolute Gasteiger partial charge is 0.491 e. The second kappa shape index (κ2) is 9.83. The maximum absolute atomic E-state index is 14.2. The third-order valence-corrected chi connectivity index (χ3v) is 7.93. The third-order valence-electron chi connectivity index (χ3n) is 7.93. The number of ketones is 1.